The van der Waals surface area contributed by atoms with Crippen molar-refractivity contribution < 1.29 is 4.74 Å². The van der Waals surface area contributed by atoms with Gasteiger partial charge < -0.3 is 24.4 Å². The number of benzene rings is 1. The molecule has 8 heteroatoms. The van der Waals surface area contributed by atoms with E-state index in [9.17, 15) is 0 Å². The number of nitrogens with zero attached hydrogens (tertiary/aromatic N) is 6. The highest BCUT2D eigenvalue weighted by Gasteiger charge is 2.23. The van der Waals surface area contributed by atoms with Gasteiger partial charge in [-0.3, -0.25) is 0 Å². The van der Waals surface area contributed by atoms with Crippen LogP contribution in [0.15, 0.2) is 23.2 Å². The largest absolute Gasteiger partial charge is 0.376 e. The predicted octanol–water partition coefficient (Wildman–Crippen LogP) is 2.19. The first-order valence-corrected chi connectivity index (χ1v) is 11.3. The quantitative estimate of drug-likeness (QED) is 0.585. The summed E-state index contributed by atoms with van der Waals surface area (Å²) in [6.45, 7) is 12.4. The predicted molar refractivity (Wildman–Crippen MR) is 124 cm³/mol. The van der Waals surface area contributed by atoms with Gasteiger partial charge in [-0.1, -0.05) is 12.1 Å². The Hall–Kier alpha value is -2.61. The van der Waals surface area contributed by atoms with E-state index in [1.54, 1.807) is 0 Å². The lowest BCUT2D eigenvalue weighted by Crippen LogP contribution is -2.53. The maximum atomic E-state index is 5.80. The molecule has 0 bridgehead atoms. The van der Waals surface area contributed by atoms with Gasteiger partial charge in [-0.25, -0.2) is 4.99 Å². The molecule has 3 heterocycles. The first-order valence-electron chi connectivity index (χ1n) is 11.3. The van der Waals surface area contributed by atoms with Crippen molar-refractivity contribution >= 4 is 11.6 Å². The van der Waals surface area contributed by atoms with Crippen molar-refractivity contribution in [1.29, 1.82) is 0 Å². The van der Waals surface area contributed by atoms with Crippen LogP contribution in [-0.4, -0.2) is 71.1 Å². The van der Waals surface area contributed by atoms with Crippen molar-refractivity contribution in [2.45, 2.75) is 46.3 Å². The highest BCUT2D eigenvalue weighted by Crippen LogP contribution is 2.24. The van der Waals surface area contributed by atoms with Gasteiger partial charge in [-0.2, -0.15) is 0 Å². The number of aromatic nitrogens is 3. The molecular formula is C23H35N7O. The smallest absolute Gasteiger partial charge is 0.194 e. The fraction of sp³-hybridized carbons (Fsp3) is 0.609. The molecule has 2 aliphatic rings. The van der Waals surface area contributed by atoms with Crippen LogP contribution in [0, 0.1) is 20.8 Å². The van der Waals surface area contributed by atoms with Crippen LogP contribution in [0.4, 0.5) is 5.69 Å². The van der Waals surface area contributed by atoms with Gasteiger partial charge in [0.2, 0.25) is 0 Å². The van der Waals surface area contributed by atoms with E-state index in [0.29, 0.717) is 6.54 Å². The van der Waals surface area contributed by atoms with Crippen LogP contribution in [-0.2, 0) is 18.3 Å². The third kappa shape index (κ3) is 5.01. The second-order valence-corrected chi connectivity index (χ2v) is 8.57. The van der Waals surface area contributed by atoms with Crippen LogP contribution in [0.1, 0.15) is 35.6 Å². The lowest BCUT2D eigenvalue weighted by molar-refractivity contribution is 0.113. The maximum Gasteiger partial charge on any atom is 0.194 e. The maximum absolute atomic E-state index is 5.80. The zero-order valence-corrected chi connectivity index (χ0v) is 19.3. The molecule has 8 nitrogen and oxygen atoms in total. The van der Waals surface area contributed by atoms with Crippen LogP contribution in [0.3, 0.4) is 0 Å². The number of anilines is 1. The van der Waals surface area contributed by atoms with E-state index in [2.05, 4.69) is 57.4 Å². The van der Waals surface area contributed by atoms with Gasteiger partial charge in [-0.15, -0.1) is 10.2 Å². The molecule has 168 valence electrons. The molecule has 4 rings (SSSR count). The molecule has 31 heavy (non-hydrogen) atoms. The minimum absolute atomic E-state index is 0.276. The molecule has 1 aromatic carbocycles. The van der Waals surface area contributed by atoms with Gasteiger partial charge in [0.1, 0.15) is 12.4 Å². The first kappa shape index (κ1) is 21.6. The van der Waals surface area contributed by atoms with E-state index in [1.807, 2.05) is 18.5 Å². The molecule has 0 radical (unpaired) electrons. The molecule has 1 N–H and O–H groups in total. The van der Waals surface area contributed by atoms with Gasteiger partial charge in [-0.05, 0) is 50.8 Å². The number of rotatable bonds is 5. The summed E-state index contributed by atoms with van der Waals surface area (Å²) >= 11 is 0. The third-order valence-electron chi connectivity index (χ3n) is 6.56. The molecule has 1 unspecified atom stereocenters. The molecule has 2 aliphatic heterocycles. The molecule has 1 aromatic heterocycles. The summed E-state index contributed by atoms with van der Waals surface area (Å²) in [5, 5.41) is 12.0. The number of hydrogen-bond donors (Lipinski definition) is 1. The fourth-order valence-electron chi connectivity index (χ4n) is 4.25. The fourth-order valence-corrected chi connectivity index (χ4v) is 4.25. The summed E-state index contributed by atoms with van der Waals surface area (Å²) in [5.41, 5.74) is 4.07. The molecule has 2 saturated heterocycles. The lowest BCUT2D eigenvalue weighted by atomic mass is 10.1. The average Bonchev–Trinajstić information content (AvgIpc) is 3.41. The van der Waals surface area contributed by atoms with Gasteiger partial charge in [0.25, 0.3) is 0 Å². The number of hydrogen-bond acceptors (Lipinski definition) is 5. The summed E-state index contributed by atoms with van der Waals surface area (Å²) in [6.07, 6.45) is 2.54. The van der Waals surface area contributed by atoms with E-state index >= 15 is 0 Å². The molecule has 0 aliphatic carbocycles. The number of nitrogens with one attached hydrogen (secondary N) is 1. The summed E-state index contributed by atoms with van der Waals surface area (Å²) in [4.78, 5) is 9.77. The SMILES string of the molecule is Cc1cccc(N2CCN(C(=NCc3nnc(C)n3C)NCC3CCCO3)CC2)c1C. The number of piperazine rings is 1. The van der Waals surface area contributed by atoms with E-state index in [0.717, 1.165) is 69.8 Å². The van der Waals surface area contributed by atoms with Crippen LogP contribution in [0.2, 0.25) is 0 Å². The Labute approximate surface area is 185 Å². The number of ether oxygens (including phenoxy) is 1. The van der Waals surface area contributed by atoms with Crippen LogP contribution >= 0.6 is 0 Å². The van der Waals surface area contributed by atoms with Crippen LogP contribution < -0.4 is 10.2 Å². The Kier molecular flexibility index (Phi) is 6.75. The van der Waals surface area contributed by atoms with E-state index < -0.39 is 0 Å². The zero-order valence-electron chi connectivity index (χ0n) is 19.3. The van der Waals surface area contributed by atoms with Gasteiger partial charge in [0.15, 0.2) is 11.8 Å². The minimum atomic E-state index is 0.276. The zero-order chi connectivity index (χ0) is 21.8. The Balaban J connectivity index is 1.44. The number of guanidine groups is 1. The van der Waals surface area contributed by atoms with Crippen molar-refractivity contribution in [3.8, 4) is 0 Å². The van der Waals surface area contributed by atoms with Gasteiger partial charge >= 0.3 is 0 Å². The Bertz CT molecular complexity index is 909. The molecular weight excluding hydrogens is 390 g/mol. The van der Waals surface area contributed by atoms with E-state index in [1.165, 1.54) is 16.8 Å². The van der Waals surface area contributed by atoms with Crippen molar-refractivity contribution in [1.82, 2.24) is 25.0 Å². The van der Waals surface area contributed by atoms with Crippen LogP contribution in [0.5, 0.6) is 0 Å². The summed E-state index contributed by atoms with van der Waals surface area (Å²) in [6, 6.07) is 6.57. The first-order chi connectivity index (χ1) is 15.0. The van der Waals surface area contributed by atoms with Crippen molar-refractivity contribution in [2.75, 3.05) is 44.2 Å². The second-order valence-electron chi connectivity index (χ2n) is 8.57. The van der Waals surface area contributed by atoms with E-state index in [-0.39, 0.29) is 6.10 Å². The van der Waals surface area contributed by atoms with Gasteiger partial charge in [0, 0.05) is 52.1 Å². The van der Waals surface area contributed by atoms with E-state index in [4.69, 9.17) is 9.73 Å². The molecule has 1 atom stereocenters. The average molecular weight is 426 g/mol. The standard InChI is InChI=1S/C23H35N7O/c1-17-7-5-9-21(18(17)2)29-10-12-30(13-11-29)23(24-15-20-8-6-14-31-20)25-16-22-27-26-19(3)28(22)4/h5,7,9,20H,6,8,10-16H2,1-4H3,(H,24,25). The molecule has 2 fully saturated rings. The molecule has 0 amide bonds. The molecule has 0 spiro atoms. The summed E-state index contributed by atoms with van der Waals surface area (Å²) in [5.74, 6) is 2.72. The monoisotopic (exact) mass is 425 g/mol. The van der Waals surface area contributed by atoms with Gasteiger partial charge in [0.05, 0.1) is 6.10 Å². The number of aryl methyl sites for hydroxylation is 2. The minimum Gasteiger partial charge on any atom is -0.376 e. The summed E-state index contributed by atoms with van der Waals surface area (Å²) in [7, 11) is 1.99. The van der Waals surface area contributed by atoms with Crippen molar-refractivity contribution in [2.24, 2.45) is 12.0 Å². The molecule has 0 saturated carbocycles. The normalized spacial score (nSPS) is 19.9. The van der Waals surface area contributed by atoms with Crippen molar-refractivity contribution in [3.63, 3.8) is 0 Å². The van der Waals surface area contributed by atoms with Crippen molar-refractivity contribution in [3.05, 3.63) is 41.0 Å². The highest BCUT2D eigenvalue weighted by molar-refractivity contribution is 5.80. The highest BCUT2D eigenvalue weighted by atomic mass is 16.5. The van der Waals surface area contributed by atoms with Crippen LogP contribution in [0.25, 0.3) is 0 Å². The lowest BCUT2D eigenvalue weighted by Gasteiger charge is -2.38. The second kappa shape index (κ2) is 9.68. The molecule has 2 aromatic rings. The number of aliphatic imine (C=N–C) groups is 1. The topological polar surface area (TPSA) is 70.8 Å². The Morgan fingerprint density at radius 1 is 1.16 bits per heavy atom. The summed E-state index contributed by atoms with van der Waals surface area (Å²) < 4.78 is 7.80. The Morgan fingerprint density at radius 2 is 1.97 bits per heavy atom. The third-order valence-corrected chi connectivity index (χ3v) is 6.56. The Morgan fingerprint density at radius 3 is 2.65 bits per heavy atom.